The fourth-order valence-corrected chi connectivity index (χ4v) is 4.03. The minimum absolute atomic E-state index is 0.135. The van der Waals surface area contributed by atoms with E-state index in [2.05, 4.69) is 29.2 Å². The third-order valence-electron chi connectivity index (χ3n) is 5.52. The van der Waals surface area contributed by atoms with Crippen LogP contribution >= 0.6 is 0 Å². The van der Waals surface area contributed by atoms with Crippen molar-refractivity contribution in [2.45, 2.75) is 57.9 Å². The first kappa shape index (κ1) is 13.9. The third kappa shape index (κ3) is 2.85. The molecule has 2 heteroatoms. The van der Waals surface area contributed by atoms with Gasteiger partial charge in [-0.05, 0) is 55.7 Å². The summed E-state index contributed by atoms with van der Waals surface area (Å²) in [5, 5.41) is 0. The molecule has 1 aromatic carbocycles. The number of hydrogen-bond acceptors (Lipinski definition) is 2. The van der Waals surface area contributed by atoms with Crippen LogP contribution in [0, 0.1) is 5.41 Å². The number of nitrogens with two attached hydrogens (primary N) is 1. The largest absolute Gasteiger partial charge is 0.371 e. The van der Waals surface area contributed by atoms with Crippen LogP contribution in [0.4, 0.5) is 5.69 Å². The Balaban J connectivity index is 1.62. The molecule has 0 amide bonds. The highest BCUT2D eigenvalue weighted by Crippen LogP contribution is 2.45. The molecule has 2 nitrogen and oxygen atoms in total. The highest BCUT2D eigenvalue weighted by molar-refractivity contribution is 5.48. The van der Waals surface area contributed by atoms with Gasteiger partial charge in [-0.1, -0.05) is 31.4 Å². The fraction of sp³-hybridized carbons (Fsp3) is 0.667. The topological polar surface area (TPSA) is 29.3 Å². The molecule has 1 spiro atoms. The van der Waals surface area contributed by atoms with E-state index in [-0.39, 0.29) is 6.04 Å². The minimum atomic E-state index is 0.135. The Morgan fingerprint density at radius 2 is 1.55 bits per heavy atom. The minimum Gasteiger partial charge on any atom is -0.371 e. The number of nitrogens with zero attached hydrogens (tertiary/aromatic N) is 1. The van der Waals surface area contributed by atoms with Crippen molar-refractivity contribution >= 4 is 5.69 Å². The van der Waals surface area contributed by atoms with E-state index in [1.807, 2.05) is 6.92 Å². The summed E-state index contributed by atoms with van der Waals surface area (Å²) in [5.74, 6) is 0. The van der Waals surface area contributed by atoms with Gasteiger partial charge in [-0.3, -0.25) is 0 Å². The summed E-state index contributed by atoms with van der Waals surface area (Å²) in [6.07, 6.45) is 10.1. The van der Waals surface area contributed by atoms with Crippen LogP contribution in [0.3, 0.4) is 0 Å². The normalized spacial score (nSPS) is 23.8. The Morgan fingerprint density at radius 3 is 2.10 bits per heavy atom. The second-order valence-electron chi connectivity index (χ2n) is 6.93. The maximum atomic E-state index is 5.92. The van der Waals surface area contributed by atoms with E-state index in [0.717, 1.165) is 0 Å². The third-order valence-corrected chi connectivity index (χ3v) is 5.52. The van der Waals surface area contributed by atoms with Gasteiger partial charge in [0.2, 0.25) is 0 Å². The first-order valence-electron chi connectivity index (χ1n) is 8.29. The Kier molecular flexibility index (Phi) is 4.02. The van der Waals surface area contributed by atoms with E-state index >= 15 is 0 Å². The number of piperidine rings is 1. The molecule has 0 aromatic heterocycles. The van der Waals surface area contributed by atoms with Gasteiger partial charge in [-0.15, -0.1) is 0 Å². The van der Waals surface area contributed by atoms with Gasteiger partial charge in [0.1, 0.15) is 0 Å². The second-order valence-corrected chi connectivity index (χ2v) is 6.93. The van der Waals surface area contributed by atoms with Gasteiger partial charge in [0.05, 0.1) is 0 Å². The number of rotatable bonds is 2. The van der Waals surface area contributed by atoms with Gasteiger partial charge in [-0.2, -0.15) is 0 Å². The van der Waals surface area contributed by atoms with Crippen LogP contribution in [0.2, 0.25) is 0 Å². The van der Waals surface area contributed by atoms with Crippen molar-refractivity contribution in [3.05, 3.63) is 29.8 Å². The summed E-state index contributed by atoms with van der Waals surface area (Å²) >= 11 is 0. The Morgan fingerprint density at radius 1 is 0.950 bits per heavy atom. The summed E-state index contributed by atoms with van der Waals surface area (Å²) < 4.78 is 0. The first-order chi connectivity index (χ1) is 9.69. The monoisotopic (exact) mass is 272 g/mol. The Hall–Kier alpha value is -1.02. The molecule has 0 unspecified atom stereocenters. The van der Waals surface area contributed by atoms with Gasteiger partial charge in [0.25, 0.3) is 0 Å². The molecule has 1 aliphatic heterocycles. The molecule has 110 valence electrons. The van der Waals surface area contributed by atoms with Crippen molar-refractivity contribution in [1.82, 2.24) is 0 Å². The van der Waals surface area contributed by atoms with Crippen molar-refractivity contribution < 1.29 is 0 Å². The maximum absolute atomic E-state index is 5.92. The second kappa shape index (κ2) is 5.77. The summed E-state index contributed by atoms with van der Waals surface area (Å²) in [7, 11) is 0. The average Bonchev–Trinajstić information content (AvgIpc) is 2.49. The lowest BCUT2D eigenvalue weighted by molar-refractivity contribution is 0.144. The summed E-state index contributed by atoms with van der Waals surface area (Å²) in [4.78, 5) is 2.56. The zero-order chi connectivity index (χ0) is 14.0. The van der Waals surface area contributed by atoms with Crippen molar-refractivity contribution in [2.75, 3.05) is 18.0 Å². The molecular formula is C18H28N2. The van der Waals surface area contributed by atoms with E-state index < -0.39 is 0 Å². The molecule has 1 atom stereocenters. The smallest absolute Gasteiger partial charge is 0.0366 e. The Labute approximate surface area is 123 Å². The molecule has 2 aliphatic rings. The molecule has 0 radical (unpaired) electrons. The molecule has 3 rings (SSSR count). The van der Waals surface area contributed by atoms with E-state index in [0.29, 0.717) is 5.41 Å². The molecule has 1 aromatic rings. The molecule has 1 heterocycles. The molecule has 1 aliphatic carbocycles. The molecule has 1 saturated carbocycles. The summed E-state index contributed by atoms with van der Waals surface area (Å²) in [6.45, 7) is 4.51. The van der Waals surface area contributed by atoms with Gasteiger partial charge < -0.3 is 10.6 Å². The van der Waals surface area contributed by atoms with Gasteiger partial charge in [-0.25, -0.2) is 0 Å². The molecule has 2 fully saturated rings. The highest BCUT2D eigenvalue weighted by atomic mass is 15.1. The van der Waals surface area contributed by atoms with Crippen LogP contribution in [-0.2, 0) is 0 Å². The Bertz CT molecular complexity index is 419. The predicted octanol–water partition coefficient (Wildman–Crippen LogP) is 4.26. The van der Waals surface area contributed by atoms with Crippen molar-refractivity contribution in [1.29, 1.82) is 0 Å². The van der Waals surface area contributed by atoms with E-state index in [1.54, 1.807) is 0 Å². The predicted molar refractivity (Wildman–Crippen MR) is 86.0 cm³/mol. The number of anilines is 1. The molecule has 2 N–H and O–H groups in total. The van der Waals surface area contributed by atoms with Crippen molar-refractivity contribution in [3.8, 4) is 0 Å². The lowest BCUT2D eigenvalue weighted by Crippen LogP contribution is -2.41. The van der Waals surface area contributed by atoms with Gasteiger partial charge >= 0.3 is 0 Å². The van der Waals surface area contributed by atoms with Gasteiger partial charge in [0.15, 0.2) is 0 Å². The number of hydrogen-bond donors (Lipinski definition) is 1. The quantitative estimate of drug-likeness (QED) is 0.871. The zero-order valence-corrected chi connectivity index (χ0v) is 12.8. The SMILES string of the molecule is C[C@@H](N)c1ccc(N2CCC3(CCCCC3)CC2)cc1. The van der Waals surface area contributed by atoms with Crippen LogP contribution in [0.15, 0.2) is 24.3 Å². The molecule has 0 bridgehead atoms. The van der Waals surface area contributed by atoms with Crippen molar-refractivity contribution in [3.63, 3.8) is 0 Å². The van der Waals surface area contributed by atoms with Crippen molar-refractivity contribution in [2.24, 2.45) is 11.1 Å². The molecule has 1 saturated heterocycles. The van der Waals surface area contributed by atoms with Crippen LogP contribution in [-0.4, -0.2) is 13.1 Å². The molecule has 20 heavy (non-hydrogen) atoms. The van der Waals surface area contributed by atoms with Crippen LogP contribution in [0.1, 0.15) is 63.5 Å². The van der Waals surface area contributed by atoms with Crippen LogP contribution < -0.4 is 10.6 Å². The fourth-order valence-electron chi connectivity index (χ4n) is 4.03. The lowest BCUT2D eigenvalue weighted by Gasteiger charge is -2.45. The zero-order valence-electron chi connectivity index (χ0n) is 12.8. The maximum Gasteiger partial charge on any atom is 0.0366 e. The highest BCUT2D eigenvalue weighted by Gasteiger charge is 2.35. The van der Waals surface area contributed by atoms with E-state index in [4.69, 9.17) is 5.73 Å². The standard InChI is InChI=1S/C18H28N2/c1-15(19)16-5-7-17(8-6-16)20-13-11-18(12-14-20)9-3-2-4-10-18/h5-8,15H,2-4,9-14,19H2,1H3/t15-/m1/s1. The number of benzene rings is 1. The first-order valence-corrected chi connectivity index (χ1v) is 8.29. The van der Waals surface area contributed by atoms with Gasteiger partial charge in [0, 0.05) is 24.8 Å². The van der Waals surface area contributed by atoms with Crippen LogP contribution in [0.25, 0.3) is 0 Å². The lowest BCUT2D eigenvalue weighted by atomic mass is 9.68. The summed E-state index contributed by atoms with van der Waals surface area (Å²) in [6, 6.07) is 9.00. The van der Waals surface area contributed by atoms with E-state index in [9.17, 15) is 0 Å². The average molecular weight is 272 g/mol. The molecular weight excluding hydrogens is 244 g/mol. The van der Waals surface area contributed by atoms with Crippen LogP contribution in [0.5, 0.6) is 0 Å². The summed E-state index contributed by atoms with van der Waals surface area (Å²) in [5.41, 5.74) is 9.22. The van der Waals surface area contributed by atoms with E-state index in [1.165, 1.54) is 69.3 Å².